The molecule has 29 heteroatoms. The molecule has 2 unspecified atom stereocenters. The molecule has 64 heavy (non-hydrogen) atoms. The largest absolute Gasteiger partial charge is 0.790 e. The van der Waals surface area contributed by atoms with Crippen LogP contribution in [0.1, 0.15) is 78.4 Å². The van der Waals surface area contributed by atoms with Crippen molar-refractivity contribution < 1.29 is 85.3 Å². The molecule has 1 aliphatic rings. The van der Waals surface area contributed by atoms with Crippen molar-refractivity contribution in [3.8, 4) is 0 Å². The summed E-state index contributed by atoms with van der Waals surface area (Å²) >= 11 is 0.905. The molecule has 360 valence electrons. The molecule has 0 saturated carbocycles. The van der Waals surface area contributed by atoms with Crippen LogP contribution in [0.25, 0.3) is 11.2 Å². The molecule has 2 aromatic rings. The smallest absolute Gasteiger partial charge is 0.274 e. The van der Waals surface area contributed by atoms with E-state index in [1.807, 2.05) is 0 Å². The molecule has 0 aliphatic carbocycles. The SMILES string of the molecule is CC/C=C\C/C=C\CCCCC(=O)CC(=O)SCCNC(=O)CCNC(=O)[C@H](O)C(C)(C)COP(=O)([O-])OP(=O)([O-])OC[C@H]1O[C@@H](n2cnc3c(N)ncnc32)[C@H](O)[C@@H]1OP(=O)([O-])[O-]. The van der Waals surface area contributed by atoms with Crippen LogP contribution < -0.4 is 35.9 Å². The Morgan fingerprint density at radius 2 is 1.70 bits per heavy atom. The number of anilines is 1. The summed E-state index contributed by atoms with van der Waals surface area (Å²) in [6.07, 6.45) is 4.94. The number of nitrogens with zero attached hydrogens (tertiary/aromatic N) is 4. The van der Waals surface area contributed by atoms with Gasteiger partial charge in [0, 0.05) is 37.1 Å². The molecule has 2 amide bonds. The lowest BCUT2D eigenvalue weighted by molar-refractivity contribution is -0.347. The number of allylic oxidation sites excluding steroid dienone is 4. The zero-order chi connectivity index (χ0) is 47.7. The number of phosphoric ester groups is 3. The van der Waals surface area contributed by atoms with Gasteiger partial charge in [-0.2, -0.15) is 0 Å². The van der Waals surface area contributed by atoms with E-state index >= 15 is 0 Å². The van der Waals surface area contributed by atoms with Crippen molar-refractivity contribution in [1.82, 2.24) is 30.2 Å². The van der Waals surface area contributed by atoms with Crippen LogP contribution in [0.15, 0.2) is 37.0 Å². The topological polar surface area (TPSA) is 392 Å². The highest BCUT2D eigenvalue weighted by Gasteiger charge is 2.47. The highest BCUT2D eigenvalue weighted by Crippen LogP contribution is 2.56. The first-order valence-electron chi connectivity index (χ1n) is 19.7. The second-order valence-corrected chi connectivity index (χ2v) is 20.0. The molecular weight excluding hydrogens is 931 g/mol. The van der Waals surface area contributed by atoms with E-state index in [0.717, 1.165) is 54.7 Å². The molecule has 6 N–H and O–H groups in total. The fourth-order valence-corrected chi connectivity index (χ4v) is 9.14. The number of nitrogens with one attached hydrogen (secondary N) is 2. The number of nitrogens with two attached hydrogens (primary N) is 1. The Morgan fingerprint density at radius 1 is 1.00 bits per heavy atom. The predicted molar refractivity (Wildman–Crippen MR) is 220 cm³/mol. The van der Waals surface area contributed by atoms with Gasteiger partial charge in [-0.15, -0.1) is 0 Å². The highest BCUT2D eigenvalue weighted by molar-refractivity contribution is 8.13. The Labute approximate surface area is 372 Å². The summed E-state index contributed by atoms with van der Waals surface area (Å²) in [5.41, 5.74) is 4.04. The molecular formula is C35H52N7O18P3S-4. The van der Waals surface area contributed by atoms with Gasteiger partial charge in [0.15, 0.2) is 22.8 Å². The number of ether oxygens (including phenoxy) is 1. The number of rotatable bonds is 29. The first-order valence-corrected chi connectivity index (χ1v) is 25.1. The average molecular weight is 984 g/mol. The van der Waals surface area contributed by atoms with Crippen LogP contribution in [0.3, 0.4) is 0 Å². The molecule has 0 aromatic carbocycles. The Morgan fingerprint density at radius 3 is 2.41 bits per heavy atom. The number of hydrogen-bond acceptors (Lipinski definition) is 23. The number of nitrogen functional groups attached to an aromatic ring is 1. The van der Waals surface area contributed by atoms with E-state index in [2.05, 4.69) is 74.7 Å². The van der Waals surface area contributed by atoms with Gasteiger partial charge in [0.25, 0.3) is 15.6 Å². The first kappa shape index (κ1) is 55.0. The summed E-state index contributed by atoms with van der Waals surface area (Å²) in [6.45, 7) is 1.97. The Bertz CT molecular complexity index is 2100. The van der Waals surface area contributed by atoms with Crippen LogP contribution in [0, 0.1) is 5.41 Å². The van der Waals surface area contributed by atoms with Crippen molar-refractivity contribution >= 4 is 74.9 Å². The minimum atomic E-state index is -5.93. The van der Waals surface area contributed by atoms with Crippen LogP contribution in [0.5, 0.6) is 0 Å². The summed E-state index contributed by atoms with van der Waals surface area (Å²) < 4.78 is 60.6. The van der Waals surface area contributed by atoms with Crippen LogP contribution in [0.2, 0.25) is 0 Å². The van der Waals surface area contributed by atoms with Crippen LogP contribution in [-0.2, 0) is 55.5 Å². The third kappa shape index (κ3) is 18.9. The highest BCUT2D eigenvalue weighted by atomic mass is 32.2. The summed E-state index contributed by atoms with van der Waals surface area (Å²) in [7, 11) is -17.6. The number of imidazole rings is 1. The molecule has 1 fully saturated rings. The maximum absolute atomic E-state index is 12.6. The van der Waals surface area contributed by atoms with Crippen molar-refractivity contribution in [1.29, 1.82) is 0 Å². The third-order valence-corrected chi connectivity index (χ3v) is 12.9. The van der Waals surface area contributed by atoms with Crippen LogP contribution in [-0.4, -0.2) is 109 Å². The molecule has 0 spiro atoms. The summed E-state index contributed by atoms with van der Waals surface area (Å²) in [5, 5.41) is 25.9. The van der Waals surface area contributed by atoms with Gasteiger partial charge >= 0.3 is 0 Å². The van der Waals surface area contributed by atoms with Crippen molar-refractivity contribution in [3.63, 3.8) is 0 Å². The van der Waals surface area contributed by atoms with Gasteiger partial charge in [0.2, 0.25) is 11.8 Å². The standard InChI is InChI=1S/C35H56N7O18P3S/c1-4-5-6-7-8-9-10-11-12-13-23(43)18-26(45)64-17-16-37-25(44)14-15-38-33(48)30(47)35(2,3)20-57-63(54,55)60-62(52,53)56-19-24-29(59-61(49,50)51)28(46)34(58-24)42-22-41-27-31(36)39-21-40-32(27)42/h5-6,8-9,21-22,24,28-30,34,46-47H,4,7,10-20H2,1-3H3,(H,37,44)(H,38,48)(H,52,53)(H,54,55)(H2,36,39,40)(H2,49,50,51)/p-4/b6-5-,9-8-/t24-,28-,29-,30+,34-/m1/s1. The maximum Gasteiger partial charge on any atom is 0.274 e. The molecule has 3 rings (SSSR count). The van der Waals surface area contributed by atoms with E-state index in [9.17, 15) is 62.7 Å². The Kier molecular flexibility index (Phi) is 22.0. The second kappa shape index (κ2) is 25.6. The van der Waals surface area contributed by atoms with Gasteiger partial charge in [-0.25, -0.2) is 19.3 Å². The van der Waals surface area contributed by atoms with E-state index in [-0.39, 0.29) is 59.6 Å². The third-order valence-electron chi connectivity index (χ3n) is 9.00. The van der Waals surface area contributed by atoms with Crippen molar-refractivity contribution in [2.75, 3.05) is 37.8 Å². The summed E-state index contributed by atoms with van der Waals surface area (Å²) in [6, 6.07) is 0. The predicted octanol–water partition coefficient (Wildman–Crippen LogP) is -0.431. The molecule has 0 bridgehead atoms. The zero-order valence-electron chi connectivity index (χ0n) is 35.1. The number of aliphatic hydroxyl groups excluding tert-OH is 2. The van der Waals surface area contributed by atoms with Crippen LogP contribution >= 0.6 is 35.2 Å². The lowest BCUT2D eigenvalue weighted by Gasteiger charge is -2.36. The van der Waals surface area contributed by atoms with E-state index in [4.69, 9.17) is 10.5 Å². The average Bonchev–Trinajstić information content (AvgIpc) is 3.76. The van der Waals surface area contributed by atoms with E-state index < -0.39 is 84.6 Å². The summed E-state index contributed by atoms with van der Waals surface area (Å²) in [4.78, 5) is 109. The number of fused-ring (bicyclic) bond motifs is 1. The van der Waals surface area contributed by atoms with Gasteiger partial charge in [-0.3, -0.25) is 32.9 Å². The number of carbonyl (C=O) groups is 4. The number of aromatic nitrogens is 4. The lowest BCUT2D eigenvalue weighted by Crippen LogP contribution is -2.46. The molecule has 3 heterocycles. The number of ketones is 1. The van der Waals surface area contributed by atoms with Gasteiger partial charge in [-0.05, 0) is 32.1 Å². The first-order chi connectivity index (χ1) is 29.9. The van der Waals surface area contributed by atoms with Crippen molar-refractivity contribution in [3.05, 3.63) is 37.0 Å². The molecule has 1 saturated heterocycles. The zero-order valence-corrected chi connectivity index (χ0v) is 38.6. The van der Waals surface area contributed by atoms with E-state index in [0.29, 0.717) is 12.8 Å². The van der Waals surface area contributed by atoms with Gasteiger partial charge < -0.3 is 69.0 Å². The number of aliphatic hydroxyl groups is 2. The van der Waals surface area contributed by atoms with Gasteiger partial charge in [-0.1, -0.05) is 56.8 Å². The minimum absolute atomic E-state index is 0.0278. The Balaban J connectivity index is 1.37. The van der Waals surface area contributed by atoms with E-state index in [1.165, 1.54) is 13.8 Å². The second-order valence-electron chi connectivity index (χ2n) is 14.8. The number of Topliss-reactive ketones (excluding diaryl/α,β-unsaturated/α-hetero) is 1. The Hall–Kier alpha value is -3.29. The number of phosphoric acid groups is 3. The monoisotopic (exact) mass is 983 g/mol. The summed E-state index contributed by atoms with van der Waals surface area (Å²) in [5.74, 6) is -1.58. The number of thioether (sulfide) groups is 1. The fourth-order valence-electron chi connectivity index (χ4n) is 5.71. The fraction of sp³-hybridized carbons (Fsp3) is 0.629. The molecule has 2 aromatic heterocycles. The molecule has 7 atom stereocenters. The minimum Gasteiger partial charge on any atom is -0.790 e. The molecule has 25 nitrogen and oxygen atoms in total. The van der Waals surface area contributed by atoms with Crippen molar-refractivity contribution in [2.24, 2.45) is 5.41 Å². The molecule has 0 radical (unpaired) electrons. The van der Waals surface area contributed by atoms with Crippen LogP contribution in [0.4, 0.5) is 5.82 Å². The van der Waals surface area contributed by atoms with E-state index in [1.54, 1.807) is 0 Å². The maximum atomic E-state index is 12.6. The number of unbranched alkanes of at least 4 members (excludes halogenated alkanes) is 2. The number of hydrogen-bond donors (Lipinski definition) is 5. The quantitative estimate of drug-likeness (QED) is 0.0299. The van der Waals surface area contributed by atoms with Gasteiger partial charge in [0.1, 0.15) is 42.0 Å². The van der Waals surface area contributed by atoms with Crippen molar-refractivity contribution in [2.45, 2.75) is 103 Å². The molecule has 1 aliphatic heterocycles. The normalized spacial score (nSPS) is 20.6. The number of carbonyl (C=O) groups excluding carboxylic acids is 4. The number of amides is 2. The lowest BCUT2D eigenvalue weighted by atomic mass is 9.87. The van der Waals surface area contributed by atoms with Gasteiger partial charge in [0.05, 0.1) is 33.8 Å².